The quantitative estimate of drug-likeness (QED) is 0.558. The first kappa shape index (κ1) is 23.9. The minimum Gasteiger partial charge on any atom is -0.369 e. The van der Waals surface area contributed by atoms with Gasteiger partial charge >= 0.3 is 6.03 Å². The predicted molar refractivity (Wildman–Crippen MR) is 137 cm³/mol. The molecule has 2 atom stereocenters. The molecule has 1 N–H and O–H groups in total. The predicted octanol–water partition coefficient (Wildman–Crippen LogP) is 4.88. The van der Waals surface area contributed by atoms with Crippen LogP contribution in [-0.4, -0.2) is 59.4 Å². The van der Waals surface area contributed by atoms with E-state index in [-0.39, 0.29) is 11.7 Å². The van der Waals surface area contributed by atoms with Gasteiger partial charge in [0.15, 0.2) is 5.82 Å². The van der Waals surface area contributed by atoms with Crippen LogP contribution in [0.4, 0.5) is 36.6 Å². The van der Waals surface area contributed by atoms with E-state index in [0.717, 1.165) is 37.0 Å². The number of alkyl halides is 1. The lowest BCUT2D eigenvalue weighted by Gasteiger charge is -2.28. The molecule has 2 aliphatic heterocycles. The number of pyridine rings is 3. The van der Waals surface area contributed by atoms with E-state index in [2.05, 4.69) is 27.1 Å². The molecule has 8 nitrogen and oxygen atoms in total. The fraction of sp³-hybridized carbons (Fsp3) is 0.385. The Morgan fingerprint density at radius 1 is 1.17 bits per heavy atom. The van der Waals surface area contributed by atoms with Crippen LogP contribution in [0.2, 0.25) is 0 Å². The third-order valence-electron chi connectivity index (χ3n) is 6.73. The molecule has 0 spiro atoms. The van der Waals surface area contributed by atoms with Crippen LogP contribution < -0.4 is 20.0 Å². The molecular weight excluding hydrogens is 464 g/mol. The van der Waals surface area contributed by atoms with Gasteiger partial charge in [0.25, 0.3) is 0 Å². The summed E-state index contributed by atoms with van der Waals surface area (Å²) in [5.41, 5.74) is 2.65. The molecule has 0 unspecified atom stereocenters. The van der Waals surface area contributed by atoms with Gasteiger partial charge in [0.2, 0.25) is 0 Å². The van der Waals surface area contributed by atoms with E-state index in [9.17, 15) is 13.6 Å². The normalized spacial score (nSPS) is 19.7. The number of hydrogen-bond acceptors (Lipinski definition) is 6. The van der Waals surface area contributed by atoms with E-state index in [4.69, 9.17) is 4.98 Å². The number of rotatable bonds is 4. The summed E-state index contributed by atoms with van der Waals surface area (Å²) < 4.78 is 27.4. The number of carbonyl (C=O) groups excluding carboxylic acids is 1. The van der Waals surface area contributed by atoms with Gasteiger partial charge in [-0.1, -0.05) is 0 Å². The standard InChI is InChI=1S/C26H29F2N7O/c1-3-33-10-7-17(2)35(26(36)31-21-13-20(28)14-29-15-21)25-23(33)5-4-22(32-25)18-6-9-30-24(12-18)34-11-8-19(27)16-34/h4-6,9,12-15,17,19H,3,7-8,10-11,16H2,1-2H3,(H,31,36)/t17-,19-/m1/s1. The Labute approximate surface area is 209 Å². The van der Waals surface area contributed by atoms with Crippen molar-refractivity contribution in [2.75, 3.05) is 46.2 Å². The Morgan fingerprint density at radius 2 is 2.03 bits per heavy atom. The van der Waals surface area contributed by atoms with Crippen molar-refractivity contribution < 1.29 is 13.6 Å². The molecule has 1 saturated heterocycles. The van der Waals surface area contributed by atoms with Crippen LogP contribution in [0.25, 0.3) is 11.3 Å². The second kappa shape index (κ2) is 10.0. The Kier molecular flexibility index (Phi) is 6.67. The van der Waals surface area contributed by atoms with E-state index < -0.39 is 18.0 Å². The number of aromatic nitrogens is 3. The SMILES string of the molecule is CCN1CC[C@@H](C)N(C(=O)Nc2cncc(F)c2)c2nc(-c3ccnc(N4CC[C@@H](F)C4)c3)ccc21. The van der Waals surface area contributed by atoms with Crippen molar-refractivity contribution in [1.82, 2.24) is 15.0 Å². The summed E-state index contributed by atoms with van der Waals surface area (Å²) in [5.74, 6) is 0.714. The Morgan fingerprint density at radius 3 is 2.78 bits per heavy atom. The lowest BCUT2D eigenvalue weighted by Crippen LogP contribution is -2.42. The number of anilines is 4. The number of nitrogens with zero attached hydrogens (tertiary/aromatic N) is 6. The molecular formula is C26H29F2N7O. The highest BCUT2D eigenvalue weighted by atomic mass is 19.1. The molecule has 5 rings (SSSR count). The Balaban J connectivity index is 1.52. The van der Waals surface area contributed by atoms with E-state index in [1.807, 2.05) is 36.1 Å². The van der Waals surface area contributed by atoms with Crippen LogP contribution in [0, 0.1) is 5.82 Å². The number of urea groups is 1. The highest BCUT2D eigenvalue weighted by Crippen LogP contribution is 2.36. The zero-order valence-corrected chi connectivity index (χ0v) is 20.4. The van der Waals surface area contributed by atoms with Crippen molar-refractivity contribution in [3.63, 3.8) is 0 Å². The van der Waals surface area contributed by atoms with Gasteiger partial charge in [0, 0.05) is 43.5 Å². The Bertz CT molecular complexity index is 1260. The maximum Gasteiger partial charge on any atom is 0.327 e. The lowest BCUT2D eigenvalue weighted by molar-refractivity contribution is 0.255. The van der Waals surface area contributed by atoms with E-state index in [1.165, 1.54) is 12.3 Å². The Hall–Kier alpha value is -3.82. The summed E-state index contributed by atoms with van der Waals surface area (Å²) in [6, 6.07) is 8.37. The summed E-state index contributed by atoms with van der Waals surface area (Å²) >= 11 is 0. The van der Waals surface area contributed by atoms with Gasteiger partial charge in [0.05, 0.1) is 36.0 Å². The van der Waals surface area contributed by atoms with Gasteiger partial charge in [-0.3, -0.25) is 9.88 Å². The molecule has 3 aromatic rings. The summed E-state index contributed by atoms with van der Waals surface area (Å²) in [4.78, 5) is 32.4. The molecule has 0 aliphatic carbocycles. The second-order valence-electron chi connectivity index (χ2n) is 9.18. The average molecular weight is 494 g/mol. The first-order valence-electron chi connectivity index (χ1n) is 12.2. The van der Waals surface area contributed by atoms with Gasteiger partial charge in [-0.25, -0.2) is 23.5 Å². The summed E-state index contributed by atoms with van der Waals surface area (Å²) in [6.07, 6.45) is 4.59. The van der Waals surface area contributed by atoms with Crippen molar-refractivity contribution in [1.29, 1.82) is 0 Å². The first-order chi connectivity index (χ1) is 17.4. The molecule has 188 valence electrons. The van der Waals surface area contributed by atoms with Crippen LogP contribution in [0.5, 0.6) is 0 Å². The van der Waals surface area contributed by atoms with Crippen molar-refractivity contribution in [3.05, 3.63) is 54.7 Å². The van der Waals surface area contributed by atoms with Crippen molar-refractivity contribution in [3.8, 4) is 11.3 Å². The highest BCUT2D eigenvalue weighted by Gasteiger charge is 2.31. The number of fused-ring (bicyclic) bond motifs is 1. The molecule has 3 aromatic heterocycles. The minimum atomic E-state index is -0.844. The molecule has 0 bridgehead atoms. The molecule has 1 fully saturated rings. The molecule has 10 heteroatoms. The van der Waals surface area contributed by atoms with Crippen LogP contribution in [0.1, 0.15) is 26.7 Å². The van der Waals surface area contributed by atoms with Gasteiger partial charge < -0.3 is 15.1 Å². The topological polar surface area (TPSA) is 77.5 Å². The summed E-state index contributed by atoms with van der Waals surface area (Å²) in [7, 11) is 0. The molecule has 36 heavy (non-hydrogen) atoms. The average Bonchev–Trinajstić information content (AvgIpc) is 3.25. The summed E-state index contributed by atoms with van der Waals surface area (Å²) in [6.45, 7) is 6.55. The molecule has 0 radical (unpaired) electrons. The monoisotopic (exact) mass is 493 g/mol. The van der Waals surface area contributed by atoms with E-state index in [0.29, 0.717) is 36.8 Å². The lowest BCUT2D eigenvalue weighted by atomic mass is 10.1. The fourth-order valence-corrected chi connectivity index (χ4v) is 4.79. The van der Waals surface area contributed by atoms with Gasteiger partial charge in [-0.15, -0.1) is 0 Å². The molecule has 0 saturated carbocycles. The second-order valence-corrected chi connectivity index (χ2v) is 9.18. The van der Waals surface area contributed by atoms with Gasteiger partial charge in [0.1, 0.15) is 17.8 Å². The number of hydrogen-bond donors (Lipinski definition) is 1. The zero-order valence-electron chi connectivity index (χ0n) is 20.4. The number of carbonyl (C=O) groups is 1. The zero-order chi connectivity index (χ0) is 25.2. The maximum absolute atomic E-state index is 13.8. The largest absolute Gasteiger partial charge is 0.369 e. The van der Waals surface area contributed by atoms with E-state index in [1.54, 1.807) is 11.1 Å². The fourth-order valence-electron chi connectivity index (χ4n) is 4.79. The summed E-state index contributed by atoms with van der Waals surface area (Å²) in [5, 5.41) is 2.77. The number of halogens is 2. The highest BCUT2D eigenvalue weighted by molar-refractivity contribution is 6.03. The molecule has 2 aliphatic rings. The molecule has 2 amide bonds. The van der Waals surface area contributed by atoms with Crippen LogP contribution in [0.3, 0.4) is 0 Å². The van der Waals surface area contributed by atoms with Crippen molar-refractivity contribution in [2.45, 2.75) is 38.9 Å². The van der Waals surface area contributed by atoms with Gasteiger partial charge in [-0.2, -0.15) is 0 Å². The van der Waals surface area contributed by atoms with Crippen LogP contribution in [-0.2, 0) is 0 Å². The van der Waals surface area contributed by atoms with Gasteiger partial charge in [-0.05, 0) is 51.0 Å². The van der Waals surface area contributed by atoms with E-state index >= 15 is 0 Å². The third-order valence-corrected chi connectivity index (χ3v) is 6.73. The number of amides is 2. The molecule has 0 aromatic carbocycles. The first-order valence-corrected chi connectivity index (χ1v) is 12.2. The maximum atomic E-state index is 13.8. The van der Waals surface area contributed by atoms with Crippen LogP contribution in [0.15, 0.2) is 48.9 Å². The number of nitrogens with one attached hydrogen (secondary N) is 1. The molecule has 5 heterocycles. The minimum absolute atomic E-state index is 0.149. The van der Waals surface area contributed by atoms with Crippen molar-refractivity contribution in [2.24, 2.45) is 0 Å². The smallest absolute Gasteiger partial charge is 0.327 e. The van der Waals surface area contributed by atoms with Crippen LogP contribution >= 0.6 is 0 Å². The van der Waals surface area contributed by atoms with Crippen molar-refractivity contribution >= 4 is 29.0 Å². The third kappa shape index (κ3) is 4.80.